The van der Waals surface area contributed by atoms with Crippen molar-refractivity contribution in [2.45, 2.75) is 36.8 Å². The molecule has 0 saturated carbocycles. The fourth-order valence-corrected chi connectivity index (χ4v) is 3.44. The Bertz CT molecular complexity index is 367. The van der Waals surface area contributed by atoms with Gasteiger partial charge in [0.15, 0.2) is 0 Å². The maximum absolute atomic E-state index is 10.2. The molecular weight excluding hydrogens is 266 g/mol. The number of nitrogens with zero attached hydrogens (tertiary/aromatic N) is 1. The Balaban J connectivity index is 1.83. The lowest BCUT2D eigenvalue weighted by molar-refractivity contribution is 0.0252. The van der Waals surface area contributed by atoms with Crippen molar-refractivity contribution in [2.24, 2.45) is 0 Å². The Hall–Kier alpha value is -0.220. The van der Waals surface area contributed by atoms with Gasteiger partial charge < -0.3 is 5.11 Å². The molecule has 1 aromatic carbocycles. The molecule has 100 valence electrons. The summed E-state index contributed by atoms with van der Waals surface area (Å²) < 4.78 is 0. The van der Waals surface area contributed by atoms with Crippen LogP contribution < -0.4 is 0 Å². The summed E-state index contributed by atoms with van der Waals surface area (Å²) in [5.41, 5.74) is 0. The standard InChI is InChI=1S/C14H20ClNOS/c15-12-7-3-4-8-13(12)18-11-14(17)16-9-5-1-2-6-10-16/h3-4,7-8,14,17H,1-2,5-6,9-11H2. The number of rotatable bonds is 4. The van der Waals surface area contributed by atoms with Gasteiger partial charge in [0.2, 0.25) is 0 Å². The van der Waals surface area contributed by atoms with Crippen molar-refractivity contribution in [1.29, 1.82) is 0 Å². The average Bonchev–Trinajstić information content (AvgIpc) is 2.66. The number of aliphatic hydroxyl groups excluding tert-OH is 1. The summed E-state index contributed by atoms with van der Waals surface area (Å²) in [7, 11) is 0. The lowest BCUT2D eigenvalue weighted by Gasteiger charge is -2.25. The summed E-state index contributed by atoms with van der Waals surface area (Å²) in [6.45, 7) is 2.04. The summed E-state index contributed by atoms with van der Waals surface area (Å²) in [5.74, 6) is 0.684. The Labute approximate surface area is 118 Å². The van der Waals surface area contributed by atoms with Gasteiger partial charge in [0.25, 0.3) is 0 Å². The number of halogens is 1. The molecule has 0 aliphatic carbocycles. The van der Waals surface area contributed by atoms with Crippen molar-refractivity contribution in [3.63, 3.8) is 0 Å². The molecule has 1 fully saturated rings. The van der Waals surface area contributed by atoms with Gasteiger partial charge in [-0.25, -0.2) is 0 Å². The van der Waals surface area contributed by atoms with Gasteiger partial charge in [-0.1, -0.05) is 36.6 Å². The number of thioether (sulfide) groups is 1. The summed E-state index contributed by atoms with van der Waals surface area (Å²) in [4.78, 5) is 3.24. The molecule has 18 heavy (non-hydrogen) atoms. The molecule has 1 atom stereocenters. The molecule has 0 bridgehead atoms. The van der Waals surface area contributed by atoms with Gasteiger partial charge in [-0.3, -0.25) is 4.90 Å². The molecule has 2 rings (SSSR count). The fourth-order valence-electron chi connectivity index (χ4n) is 2.22. The Morgan fingerprint density at radius 3 is 2.50 bits per heavy atom. The molecule has 0 radical (unpaired) electrons. The van der Waals surface area contributed by atoms with Crippen molar-refractivity contribution in [3.8, 4) is 0 Å². The molecule has 0 amide bonds. The smallest absolute Gasteiger partial charge is 0.116 e. The third-order valence-corrected chi connectivity index (χ3v) is 4.86. The molecule has 1 aliphatic heterocycles. The summed E-state index contributed by atoms with van der Waals surface area (Å²) >= 11 is 7.74. The van der Waals surface area contributed by atoms with Gasteiger partial charge in [0.1, 0.15) is 6.23 Å². The summed E-state index contributed by atoms with van der Waals surface area (Å²) in [6, 6.07) is 7.80. The molecule has 1 unspecified atom stereocenters. The number of likely N-dealkylation sites (tertiary alicyclic amines) is 1. The molecule has 0 aromatic heterocycles. The first kappa shape index (κ1) is 14.2. The van der Waals surface area contributed by atoms with E-state index in [0.717, 1.165) is 23.0 Å². The first-order valence-electron chi connectivity index (χ1n) is 6.57. The van der Waals surface area contributed by atoms with Gasteiger partial charge in [-0.2, -0.15) is 0 Å². The Morgan fingerprint density at radius 1 is 1.17 bits per heavy atom. The highest BCUT2D eigenvalue weighted by atomic mass is 35.5. The van der Waals surface area contributed by atoms with Crippen LogP contribution in [0.5, 0.6) is 0 Å². The highest BCUT2D eigenvalue weighted by Gasteiger charge is 2.17. The number of benzene rings is 1. The quantitative estimate of drug-likeness (QED) is 0.855. The van der Waals surface area contributed by atoms with Crippen LogP contribution in [0.4, 0.5) is 0 Å². The minimum Gasteiger partial charge on any atom is -0.377 e. The average molecular weight is 286 g/mol. The van der Waals surface area contributed by atoms with Gasteiger partial charge in [0.05, 0.1) is 5.02 Å². The fraction of sp³-hybridized carbons (Fsp3) is 0.571. The Morgan fingerprint density at radius 2 is 1.83 bits per heavy atom. The summed E-state index contributed by atoms with van der Waals surface area (Å²) in [6.07, 6.45) is 4.63. The van der Waals surface area contributed by atoms with Gasteiger partial charge in [-0.15, -0.1) is 11.8 Å². The second-order valence-corrected chi connectivity index (χ2v) is 6.14. The highest BCUT2D eigenvalue weighted by Crippen LogP contribution is 2.27. The molecule has 1 aromatic rings. The third kappa shape index (κ3) is 4.16. The van der Waals surface area contributed by atoms with Crippen LogP contribution in [0.25, 0.3) is 0 Å². The highest BCUT2D eigenvalue weighted by molar-refractivity contribution is 7.99. The zero-order valence-electron chi connectivity index (χ0n) is 10.5. The molecule has 1 N–H and O–H groups in total. The lowest BCUT2D eigenvalue weighted by Crippen LogP contribution is -2.37. The molecule has 2 nitrogen and oxygen atoms in total. The van der Waals surface area contributed by atoms with Crippen LogP contribution in [0.15, 0.2) is 29.2 Å². The van der Waals surface area contributed by atoms with E-state index in [9.17, 15) is 5.11 Å². The molecule has 1 heterocycles. The van der Waals surface area contributed by atoms with Crippen LogP contribution in [0.3, 0.4) is 0 Å². The zero-order chi connectivity index (χ0) is 12.8. The molecule has 0 spiro atoms. The van der Waals surface area contributed by atoms with Gasteiger partial charge >= 0.3 is 0 Å². The largest absolute Gasteiger partial charge is 0.377 e. The lowest BCUT2D eigenvalue weighted by atomic mass is 10.2. The predicted molar refractivity (Wildman–Crippen MR) is 78.2 cm³/mol. The minimum absolute atomic E-state index is 0.357. The number of aliphatic hydroxyl groups is 1. The van der Waals surface area contributed by atoms with Crippen molar-refractivity contribution in [2.75, 3.05) is 18.8 Å². The van der Waals surface area contributed by atoms with E-state index in [1.54, 1.807) is 11.8 Å². The monoisotopic (exact) mass is 285 g/mol. The number of hydrogen-bond acceptors (Lipinski definition) is 3. The predicted octanol–water partition coefficient (Wildman–Crippen LogP) is 3.63. The van der Waals surface area contributed by atoms with E-state index in [0.29, 0.717) is 5.75 Å². The second kappa shape index (κ2) is 7.39. The van der Waals surface area contributed by atoms with E-state index in [1.807, 2.05) is 24.3 Å². The summed E-state index contributed by atoms with van der Waals surface area (Å²) in [5, 5.41) is 11.0. The van der Waals surface area contributed by atoms with Crippen molar-refractivity contribution >= 4 is 23.4 Å². The van der Waals surface area contributed by atoms with E-state index < -0.39 is 0 Å². The molecule has 1 saturated heterocycles. The van der Waals surface area contributed by atoms with Crippen molar-refractivity contribution < 1.29 is 5.11 Å². The van der Waals surface area contributed by atoms with Crippen LogP contribution in [0, 0.1) is 0 Å². The zero-order valence-corrected chi connectivity index (χ0v) is 12.1. The third-order valence-electron chi connectivity index (χ3n) is 3.29. The van der Waals surface area contributed by atoms with Gasteiger partial charge in [0, 0.05) is 23.7 Å². The van der Waals surface area contributed by atoms with Gasteiger partial charge in [-0.05, 0) is 25.0 Å². The van der Waals surface area contributed by atoms with Crippen LogP contribution >= 0.6 is 23.4 Å². The van der Waals surface area contributed by atoms with E-state index >= 15 is 0 Å². The first-order chi connectivity index (χ1) is 8.77. The maximum atomic E-state index is 10.2. The minimum atomic E-state index is -0.357. The topological polar surface area (TPSA) is 23.5 Å². The second-order valence-electron chi connectivity index (χ2n) is 4.67. The van der Waals surface area contributed by atoms with E-state index in [-0.39, 0.29) is 6.23 Å². The normalized spacial score (nSPS) is 19.4. The van der Waals surface area contributed by atoms with Crippen molar-refractivity contribution in [1.82, 2.24) is 4.90 Å². The first-order valence-corrected chi connectivity index (χ1v) is 7.93. The van der Waals surface area contributed by atoms with Crippen LogP contribution in [-0.4, -0.2) is 35.1 Å². The van der Waals surface area contributed by atoms with Crippen molar-refractivity contribution in [3.05, 3.63) is 29.3 Å². The maximum Gasteiger partial charge on any atom is 0.116 e. The van der Waals surface area contributed by atoms with E-state index in [2.05, 4.69) is 4.90 Å². The van der Waals surface area contributed by atoms with E-state index in [4.69, 9.17) is 11.6 Å². The Kier molecular flexibility index (Phi) is 5.83. The van der Waals surface area contributed by atoms with Crippen LogP contribution in [0.1, 0.15) is 25.7 Å². The van der Waals surface area contributed by atoms with Crippen LogP contribution in [0.2, 0.25) is 5.02 Å². The molecular formula is C14H20ClNOS. The SMILES string of the molecule is OC(CSc1ccccc1Cl)N1CCCCCC1. The molecule has 1 aliphatic rings. The molecule has 4 heteroatoms. The van der Waals surface area contributed by atoms with E-state index in [1.165, 1.54) is 25.7 Å². The van der Waals surface area contributed by atoms with Crippen LogP contribution in [-0.2, 0) is 0 Å². The number of hydrogen-bond donors (Lipinski definition) is 1.